The van der Waals surface area contributed by atoms with Crippen LogP contribution in [0, 0.1) is 6.92 Å². The first-order valence-corrected chi connectivity index (χ1v) is 9.17. The van der Waals surface area contributed by atoms with Gasteiger partial charge in [0, 0.05) is 45.3 Å². The maximum absolute atomic E-state index is 4.53. The lowest BCUT2D eigenvalue weighted by molar-refractivity contribution is 0.782. The van der Waals surface area contributed by atoms with E-state index in [-0.39, 0.29) is 0 Å². The molecule has 7 heteroatoms. The Hall–Kier alpha value is -2.44. The number of aromatic nitrogens is 4. The first-order chi connectivity index (χ1) is 12.3. The second-order valence-corrected chi connectivity index (χ2v) is 6.79. The van der Waals surface area contributed by atoms with Gasteiger partial charge in [-0.25, -0.2) is 9.97 Å². The van der Waals surface area contributed by atoms with Gasteiger partial charge in [-0.3, -0.25) is 0 Å². The lowest BCUT2D eigenvalue weighted by Gasteiger charge is -2.24. The molecule has 4 heterocycles. The predicted octanol–water partition coefficient (Wildman–Crippen LogP) is 1.89. The van der Waals surface area contributed by atoms with Crippen molar-refractivity contribution in [2.45, 2.75) is 26.2 Å². The van der Waals surface area contributed by atoms with Crippen molar-refractivity contribution >= 4 is 17.5 Å². The van der Waals surface area contributed by atoms with Gasteiger partial charge < -0.3 is 14.7 Å². The van der Waals surface area contributed by atoms with E-state index in [0.717, 1.165) is 68.8 Å². The molecular weight excluding hydrogens is 314 g/mol. The molecule has 0 unspecified atom stereocenters. The topological polar surface area (TPSA) is 61.3 Å². The Bertz CT molecular complexity index is 697. The number of hydrogen-bond acceptors (Lipinski definition) is 7. The molecule has 7 nitrogen and oxygen atoms in total. The van der Waals surface area contributed by atoms with Crippen molar-refractivity contribution in [1.29, 1.82) is 0 Å². The van der Waals surface area contributed by atoms with E-state index >= 15 is 0 Å². The minimum absolute atomic E-state index is 0.931. The van der Waals surface area contributed by atoms with E-state index in [2.05, 4.69) is 47.0 Å². The summed E-state index contributed by atoms with van der Waals surface area (Å²) in [5.74, 6) is 3.06. The van der Waals surface area contributed by atoms with Crippen molar-refractivity contribution in [2.75, 3.05) is 54.0 Å². The van der Waals surface area contributed by atoms with Gasteiger partial charge in [0.15, 0.2) is 5.82 Å². The van der Waals surface area contributed by atoms with Gasteiger partial charge in [0.1, 0.15) is 18.0 Å². The van der Waals surface area contributed by atoms with Gasteiger partial charge in [0.25, 0.3) is 0 Å². The van der Waals surface area contributed by atoms with Crippen LogP contribution in [0.2, 0.25) is 0 Å². The Balaban J connectivity index is 1.45. The minimum Gasteiger partial charge on any atom is -0.356 e. The molecule has 0 bridgehead atoms. The van der Waals surface area contributed by atoms with Crippen LogP contribution < -0.4 is 14.7 Å². The van der Waals surface area contributed by atoms with E-state index in [4.69, 9.17) is 0 Å². The van der Waals surface area contributed by atoms with Crippen molar-refractivity contribution < 1.29 is 0 Å². The largest absolute Gasteiger partial charge is 0.356 e. The average molecular weight is 339 g/mol. The van der Waals surface area contributed by atoms with Gasteiger partial charge in [-0.05, 0) is 38.3 Å². The summed E-state index contributed by atoms with van der Waals surface area (Å²) in [6.07, 6.45) is 5.31. The summed E-state index contributed by atoms with van der Waals surface area (Å²) in [5.41, 5.74) is 0.954. The van der Waals surface area contributed by atoms with E-state index in [1.807, 2.05) is 13.0 Å². The summed E-state index contributed by atoms with van der Waals surface area (Å²) in [4.78, 5) is 16.0. The van der Waals surface area contributed by atoms with Crippen LogP contribution in [-0.4, -0.2) is 59.4 Å². The zero-order chi connectivity index (χ0) is 17.1. The molecule has 0 amide bonds. The monoisotopic (exact) mass is 339 g/mol. The SMILES string of the molecule is Cc1ccc(N2CCCN(c3cc(N4CCCC4)ncn3)CC2)nn1. The Morgan fingerprint density at radius 1 is 0.680 bits per heavy atom. The summed E-state index contributed by atoms with van der Waals surface area (Å²) in [7, 11) is 0. The Morgan fingerprint density at radius 3 is 1.92 bits per heavy atom. The predicted molar refractivity (Wildman–Crippen MR) is 99.3 cm³/mol. The van der Waals surface area contributed by atoms with Gasteiger partial charge in [-0.1, -0.05) is 0 Å². The fourth-order valence-corrected chi connectivity index (χ4v) is 3.57. The van der Waals surface area contributed by atoms with Crippen LogP contribution in [-0.2, 0) is 0 Å². The summed E-state index contributed by atoms with van der Waals surface area (Å²) in [5, 5.41) is 8.52. The number of rotatable bonds is 3. The van der Waals surface area contributed by atoms with Gasteiger partial charge >= 0.3 is 0 Å². The molecule has 2 aromatic heterocycles. The highest BCUT2D eigenvalue weighted by atomic mass is 15.3. The van der Waals surface area contributed by atoms with Crippen molar-refractivity contribution in [3.63, 3.8) is 0 Å². The third-order valence-electron chi connectivity index (χ3n) is 5.00. The van der Waals surface area contributed by atoms with Gasteiger partial charge in [0.2, 0.25) is 0 Å². The third-order valence-corrected chi connectivity index (χ3v) is 5.00. The second kappa shape index (κ2) is 7.21. The van der Waals surface area contributed by atoms with Crippen molar-refractivity contribution in [1.82, 2.24) is 20.2 Å². The van der Waals surface area contributed by atoms with Gasteiger partial charge in [-0.2, -0.15) is 5.10 Å². The van der Waals surface area contributed by atoms with Crippen LogP contribution >= 0.6 is 0 Å². The van der Waals surface area contributed by atoms with Crippen molar-refractivity contribution in [3.05, 3.63) is 30.2 Å². The highest BCUT2D eigenvalue weighted by molar-refractivity contribution is 5.51. The molecule has 132 valence electrons. The van der Waals surface area contributed by atoms with Gasteiger partial charge in [-0.15, -0.1) is 5.10 Å². The molecular formula is C18H25N7. The molecule has 25 heavy (non-hydrogen) atoms. The summed E-state index contributed by atoms with van der Waals surface area (Å²) in [6, 6.07) is 6.23. The lowest BCUT2D eigenvalue weighted by Crippen LogP contribution is -2.32. The average Bonchev–Trinajstić information content (AvgIpc) is 3.08. The van der Waals surface area contributed by atoms with E-state index in [9.17, 15) is 0 Å². The normalized spacial score (nSPS) is 18.5. The van der Waals surface area contributed by atoms with E-state index in [1.165, 1.54) is 12.8 Å². The highest BCUT2D eigenvalue weighted by Crippen LogP contribution is 2.22. The lowest BCUT2D eigenvalue weighted by atomic mass is 10.3. The van der Waals surface area contributed by atoms with Crippen LogP contribution in [0.1, 0.15) is 25.0 Å². The first kappa shape index (κ1) is 16.1. The standard InChI is InChI=1S/C18H25N7/c1-15-5-6-16(22-21-15)24-9-4-10-25(12-11-24)18-13-17(19-14-20-18)23-7-2-3-8-23/h5-6,13-14H,2-4,7-12H2,1H3. The number of aryl methyl sites for hydroxylation is 1. The minimum atomic E-state index is 0.931. The molecule has 2 saturated heterocycles. The molecule has 2 fully saturated rings. The maximum atomic E-state index is 4.53. The second-order valence-electron chi connectivity index (χ2n) is 6.79. The molecule has 0 radical (unpaired) electrons. The summed E-state index contributed by atoms with van der Waals surface area (Å²) >= 11 is 0. The maximum Gasteiger partial charge on any atom is 0.151 e. The fraction of sp³-hybridized carbons (Fsp3) is 0.556. The molecule has 2 aliphatic rings. The molecule has 0 N–H and O–H groups in total. The molecule has 0 atom stereocenters. The smallest absolute Gasteiger partial charge is 0.151 e. The van der Waals surface area contributed by atoms with Crippen LogP contribution in [0.5, 0.6) is 0 Å². The summed E-state index contributed by atoms with van der Waals surface area (Å²) < 4.78 is 0. The molecule has 0 saturated carbocycles. The van der Waals surface area contributed by atoms with Crippen molar-refractivity contribution in [3.8, 4) is 0 Å². The molecule has 0 spiro atoms. The van der Waals surface area contributed by atoms with Crippen LogP contribution in [0.25, 0.3) is 0 Å². The molecule has 0 aromatic carbocycles. The first-order valence-electron chi connectivity index (χ1n) is 9.17. The fourth-order valence-electron chi connectivity index (χ4n) is 3.57. The zero-order valence-electron chi connectivity index (χ0n) is 14.8. The Kier molecular flexibility index (Phi) is 4.63. The Morgan fingerprint density at radius 2 is 1.28 bits per heavy atom. The molecule has 2 aliphatic heterocycles. The number of nitrogens with zero attached hydrogens (tertiary/aromatic N) is 7. The van der Waals surface area contributed by atoms with E-state index in [0.29, 0.717) is 0 Å². The summed E-state index contributed by atoms with van der Waals surface area (Å²) in [6.45, 7) is 8.05. The van der Waals surface area contributed by atoms with Crippen molar-refractivity contribution in [2.24, 2.45) is 0 Å². The number of anilines is 3. The van der Waals surface area contributed by atoms with E-state index in [1.54, 1.807) is 6.33 Å². The van der Waals surface area contributed by atoms with Crippen LogP contribution in [0.15, 0.2) is 24.5 Å². The zero-order valence-corrected chi connectivity index (χ0v) is 14.8. The molecule has 0 aliphatic carbocycles. The van der Waals surface area contributed by atoms with Crippen LogP contribution in [0.4, 0.5) is 17.5 Å². The van der Waals surface area contributed by atoms with Crippen LogP contribution in [0.3, 0.4) is 0 Å². The molecule has 4 rings (SSSR count). The highest BCUT2D eigenvalue weighted by Gasteiger charge is 2.19. The van der Waals surface area contributed by atoms with Gasteiger partial charge in [0.05, 0.1) is 5.69 Å². The van der Waals surface area contributed by atoms with E-state index < -0.39 is 0 Å². The quantitative estimate of drug-likeness (QED) is 0.846. The Labute approximate surface area is 148 Å². The molecule has 2 aromatic rings. The number of hydrogen-bond donors (Lipinski definition) is 0. The third kappa shape index (κ3) is 3.65.